The molecule has 0 N–H and O–H groups in total. The van der Waals surface area contributed by atoms with E-state index in [9.17, 15) is 14.9 Å². The second kappa shape index (κ2) is 6.76. The first-order valence-electron chi connectivity index (χ1n) is 7.88. The summed E-state index contributed by atoms with van der Waals surface area (Å²) in [4.78, 5) is 23.2. The molecule has 0 saturated heterocycles. The summed E-state index contributed by atoms with van der Waals surface area (Å²) in [5.74, 6) is 0.531. The van der Waals surface area contributed by atoms with Gasteiger partial charge >= 0.3 is 0 Å². The summed E-state index contributed by atoms with van der Waals surface area (Å²) in [5.41, 5.74) is 2.15. The second-order valence-corrected chi connectivity index (χ2v) is 5.84. The van der Waals surface area contributed by atoms with E-state index >= 15 is 0 Å². The first-order chi connectivity index (χ1) is 12.0. The molecule has 0 aliphatic rings. The van der Waals surface area contributed by atoms with Gasteiger partial charge in [-0.1, -0.05) is 18.2 Å². The zero-order valence-electron chi connectivity index (χ0n) is 14.0. The van der Waals surface area contributed by atoms with Crippen LogP contribution in [-0.4, -0.2) is 22.5 Å². The summed E-state index contributed by atoms with van der Waals surface area (Å²) in [6.07, 6.45) is 1.91. The first-order valence-corrected chi connectivity index (χ1v) is 7.88. The highest BCUT2D eigenvalue weighted by molar-refractivity contribution is 5.93. The Morgan fingerprint density at radius 2 is 1.88 bits per heavy atom. The van der Waals surface area contributed by atoms with Gasteiger partial charge in [-0.15, -0.1) is 0 Å². The van der Waals surface area contributed by atoms with Gasteiger partial charge in [0.05, 0.1) is 12.6 Å². The van der Waals surface area contributed by atoms with Crippen LogP contribution in [0.5, 0.6) is 5.75 Å². The van der Waals surface area contributed by atoms with Gasteiger partial charge in [-0.2, -0.15) is 0 Å². The molecule has 1 aromatic heterocycles. The molecule has 6 nitrogen and oxygen atoms in total. The Labute approximate surface area is 144 Å². The van der Waals surface area contributed by atoms with Crippen molar-refractivity contribution in [2.75, 3.05) is 7.11 Å². The van der Waals surface area contributed by atoms with Crippen LogP contribution in [0.4, 0.5) is 0 Å². The van der Waals surface area contributed by atoms with Gasteiger partial charge in [0.1, 0.15) is 5.75 Å². The molecule has 0 saturated carbocycles. The van der Waals surface area contributed by atoms with Crippen LogP contribution in [0.15, 0.2) is 54.7 Å². The quantitative estimate of drug-likeness (QED) is 0.523. The molecular weight excluding hydrogens is 320 g/mol. The molecule has 3 aromatic rings. The average molecular weight is 338 g/mol. The number of carbonyl (C=O) groups excluding carboxylic acids is 1. The Hall–Kier alpha value is -3.15. The van der Waals surface area contributed by atoms with E-state index in [0.29, 0.717) is 11.3 Å². The van der Waals surface area contributed by atoms with Gasteiger partial charge in [-0.3, -0.25) is 19.5 Å². The SMILES string of the molecule is COc1ccc(C(Cc2cn(C(C)=O)c3ccccc23)[N+](=O)[O-])cc1. The summed E-state index contributed by atoms with van der Waals surface area (Å²) in [6, 6.07) is 13.4. The number of nitrogens with zero attached hydrogens (tertiary/aromatic N) is 2. The summed E-state index contributed by atoms with van der Waals surface area (Å²) in [7, 11) is 1.55. The molecule has 1 atom stereocenters. The number of hydrogen-bond acceptors (Lipinski definition) is 4. The van der Waals surface area contributed by atoms with Crippen LogP contribution in [0, 0.1) is 10.1 Å². The molecule has 0 aliphatic carbocycles. The topological polar surface area (TPSA) is 74.4 Å². The summed E-state index contributed by atoms with van der Waals surface area (Å²) >= 11 is 0. The van der Waals surface area contributed by atoms with Crippen molar-refractivity contribution in [2.45, 2.75) is 19.4 Å². The van der Waals surface area contributed by atoms with E-state index in [-0.39, 0.29) is 17.3 Å². The van der Waals surface area contributed by atoms with Crippen molar-refractivity contribution in [3.63, 3.8) is 0 Å². The number of fused-ring (bicyclic) bond motifs is 1. The van der Waals surface area contributed by atoms with Crippen LogP contribution in [0.1, 0.15) is 28.9 Å². The molecule has 1 heterocycles. The number of carbonyl (C=O) groups is 1. The molecule has 1 unspecified atom stereocenters. The first kappa shape index (κ1) is 16.7. The Balaban J connectivity index is 2.02. The summed E-state index contributed by atoms with van der Waals surface area (Å²) < 4.78 is 6.64. The Morgan fingerprint density at radius 3 is 2.48 bits per heavy atom. The normalized spacial score (nSPS) is 12.1. The van der Waals surface area contributed by atoms with Crippen LogP contribution in [-0.2, 0) is 6.42 Å². The van der Waals surface area contributed by atoms with Gasteiger partial charge in [-0.05, 0) is 35.9 Å². The van der Waals surface area contributed by atoms with Gasteiger partial charge < -0.3 is 4.74 Å². The Kier molecular flexibility index (Phi) is 4.52. The van der Waals surface area contributed by atoms with E-state index in [4.69, 9.17) is 4.74 Å². The van der Waals surface area contributed by atoms with Gasteiger partial charge in [0, 0.05) is 35.4 Å². The molecule has 3 rings (SSSR count). The molecule has 0 bridgehead atoms. The van der Waals surface area contributed by atoms with E-state index in [2.05, 4.69) is 0 Å². The lowest BCUT2D eigenvalue weighted by atomic mass is 9.99. The number of rotatable bonds is 5. The number of ether oxygens (including phenoxy) is 1. The van der Waals surface area contributed by atoms with Crippen molar-refractivity contribution in [1.29, 1.82) is 0 Å². The van der Waals surface area contributed by atoms with E-state index in [1.54, 1.807) is 37.6 Å². The molecule has 6 heteroatoms. The molecule has 128 valence electrons. The second-order valence-electron chi connectivity index (χ2n) is 5.84. The maximum Gasteiger partial charge on any atom is 0.242 e. The fourth-order valence-corrected chi connectivity index (χ4v) is 3.02. The third-order valence-corrected chi connectivity index (χ3v) is 4.30. The number of hydrogen-bond donors (Lipinski definition) is 0. The van der Waals surface area contributed by atoms with Crippen molar-refractivity contribution >= 4 is 16.8 Å². The molecule has 0 aliphatic heterocycles. The molecule has 2 aromatic carbocycles. The molecule has 0 fully saturated rings. The largest absolute Gasteiger partial charge is 0.497 e. The lowest BCUT2D eigenvalue weighted by Gasteiger charge is -2.10. The van der Waals surface area contributed by atoms with Crippen LogP contribution in [0.2, 0.25) is 0 Å². The van der Waals surface area contributed by atoms with Crippen molar-refractivity contribution in [1.82, 2.24) is 4.57 Å². The monoisotopic (exact) mass is 338 g/mol. The zero-order chi connectivity index (χ0) is 18.0. The maximum absolute atomic E-state index is 11.8. The average Bonchev–Trinajstić information content (AvgIpc) is 2.98. The maximum atomic E-state index is 11.8. The number of benzene rings is 2. The Bertz CT molecular complexity index is 928. The molecule has 0 amide bonds. The Morgan fingerprint density at radius 1 is 1.20 bits per heavy atom. The number of para-hydroxylation sites is 1. The van der Waals surface area contributed by atoms with Crippen molar-refractivity contribution in [2.24, 2.45) is 0 Å². The lowest BCUT2D eigenvalue weighted by Crippen LogP contribution is -2.13. The zero-order valence-corrected chi connectivity index (χ0v) is 14.0. The molecule has 0 spiro atoms. The van der Waals surface area contributed by atoms with Gasteiger partial charge in [0.25, 0.3) is 0 Å². The molecule has 0 radical (unpaired) electrons. The third-order valence-electron chi connectivity index (χ3n) is 4.30. The van der Waals surface area contributed by atoms with Gasteiger partial charge in [0.15, 0.2) is 0 Å². The standard InChI is InChI=1S/C19H18N2O4/c1-13(22)20-12-15(17-5-3-4-6-18(17)20)11-19(21(23)24)14-7-9-16(25-2)10-8-14/h3-10,12,19H,11H2,1-2H3. The highest BCUT2D eigenvalue weighted by Crippen LogP contribution is 2.29. The highest BCUT2D eigenvalue weighted by atomic mass is 16.6. The predicted octanol–water partition coefficient (Wildman–Crippen LogP) is 3.87. The van der Waals surface area contributed by atoms with Gasteiger partial charge in [-0.25, -0.2) is 0 Å². The minimum absolute atomic E-state index is 0.121. The third kappa shape index (κ3) is 3.24. The predicted molar refractivity (Wildman–Crippen MR) is 94.7 cm³/mol. The number of aromatic nitrogens is 1. The minimum atomic E-state index is -0.892. The van der Waals surface area contributed by atoms with E-state index in [0.717, 1.165) is 16.5 Å². The fourth-order valence-electron chi connectivity index (χ4n) is 3.02. The van der Waals surface area contributed by atoms with Crippen LogP contribution in [0.25, 0.3) is 10.9 Å². The summed E-state index contributed by atoms with van der Waals surface area (Å²) in [5, 5.41) is 12.5. The van der Waals surface area contributed by atoms with Crippen LogP contribution in [0.3, 0.4) is 0 Å². The molecular formula is C19H18N2O4. The lowest BCUT2D eigenvalue weighted by molar-refractivity contribution is -0.528. The number of nitro groups is 1. The minimum Gasteiger partial charge on any atom is -0.497 e. The summed E-state index contributed by atoms with van der Waals surface area (Å²) in [6.45, 7) is 1.48. The van der Waals surface area contributed by atoms with Gasteiger partial charge in [0.2, 0.25) is 11.9 Å². The van der Waals surface area contributed by atoms with Crippen molar-refractivity contribution < 1.29 is 14.5 Å². The van der Waals surface area contributed by atoms with E-state index in [1.807, 2.05) is 24.3 Å². The number of methoxy groups -OCH3 is 1. The highest BCUT2D eigenvalue weighted by Gasteiger charge is 2.25. The smallest absolute Gasteiger partial charge is 0.242 e. The molecule has 25 heavy (non-hydrogen) atoms. The van der Waals surface area contributed by atoms with Crippen LogP contribution < -0.4 is 4.74 Å². The van der Waals surface area contributed by atoms with Crippen LogP contribution >= 0.6 is 0 Å². The van der Waals surface area contributed by atoms with E-state index < -0.39 is 6.04 Å². The fraction of sp³-hybridized carbons (Fsp3) is 0.211. The van der Waals surface area contributed by atoms with Crippen molar-refractivity contribution in [3.05, 3.63) is 76.0 Å². The van der Waals surface area contributed by atoms with E-state index in [1.165, 1.54) is 11.5 Å². The van der Waals surface area contributed by atoms with Crippen molar-refractivity contribution in [3.8, 4) is 5.75 Å².